The van der Waals surface area contributed by atoms with Crippen molar-refractivity contribution in [2.75, 3.05) is 0 Å². The Labute approximate surface area is 68.8 Å². The van der Waals surface area contributed by atoms with E-state index in [2.05, 4.69) is 10.2 Å². The largest absolute Gasteiger partial charge is 0.346 e. The molecule has 0 atom stereocenters. The third-order valence-corrected chi connectivity index (χ3v) is 1.94. The molecule has 0 aliphatic rings. The van der Waals surface area contributed by atoms with Gasteiger partial charge in [-0.05, 0) is 13.0 Å². The molecule has 2 rings (SSSR count). The average Bonchev–Trinajstić information content (AvgIpc) is 2.49. The van der Waals surface area contributed by atoms with E-state index in [0.29, 0.717) is 5.39 Å². The van der Waals surface area contributed by atoms with Gasteiger partial charge in [0.2, 0.25) is 0 Å². The lowest BCUT2D eigenvalue weighted by Gasteiger charge is -1.97. The molecule has 0 unspecified atom stereocenters. The van der Waals surface area contributed by atoms with Crippen LogP contribution in [0, 0.1) is 0 Å². The lowest BCUT2D eigenvalue weighted by molar-refractivity contribution is 0.793. The van der Waals surface area contributed by atoms with Crippen LogP contribution in [-0.2, 0) is 6.54 Å². The Hall–Kier alpha value is -1.58. The van der Waals surface area contributed by atoms with Crippen LogP contribution in [0.25, 0.3) is 10.9 Å². The van der Waals surface area contributed by atoms with Crippen molar-refractivity contribution < 1.29 is 0 Å². The van der Waals surface area contributed by atoms with Crippen LogP contribution in [0.15, 0.2) is 23.3 Å². The summed E-state index contributed by atoms with van der Waals surface area (Å²) in [6, 6.07) is 1.80. The van der Waals surface area contributed by atoms with E-state index in [1.165, 1.54) is 0 Å². The standard InChI is InChI=1S/C8H9N3O/c1-2-11-4-3-6-7(11)5-9-10-8(6)12/h3-5H,2H2,1H3,(H,10,12). The molecule has 0 saturated heterocycles. The van der Waals surface area contributed by atoms with Crippen molar-refractivity contribution in [1.82, 2.24) is 14.8 Å². The Morgan fingerprint density at radius 3 is 3.25 bits per heavy atom. The third kappa shape index (κ3) is 0.845. The molecule has 0 aromatic carbocycles. The monoisotopic (exact) mass is 163 g/mol. The van der Waals surface area contributed by atoms with E-state index < -0.39 is 0 Å². The van der Waals surface area contributed by atoms with Gasteiger partial charge < -0.3 is 4.57 Å². The van der Waals surface area contributed by atoms with Crippen molar-refractivity contribution >= 4 is 10.9 Å². The molecule has 2 heterocycles. The molecule has 0 saturated carbocycles. The molecule has 12 heavy (non-hydrogen) atoms. The first-order valence-electron chi connectivity index (χ1n) is 3.85. The SMILES string of the molecule is CCn1ccc2c(=O)[nH]ncc21. The van der Waals surface area contributed by atoms with Gasteiger partial charge in [-0.3, -0.25) is 4.79 Å². The van der Waals surface area contributed by atoms with Crippen molar-refractivity contribution in [2.24, 2.45) is 0 Å². The lowest BCUT2D eigenvalue weighted by Crippen LogP contribution is -2.07. The molecule has 0 amide bonds. The Morgan fingerprint density at radius 1 is 1.67 bits per heavy atom. The molecule has 4 nitrogen and oxygen atoms in total. The smallest absolute Gasteiger partial charge is 0.273 e. The minimum Gasteiger partial charge on any atom is -0.346 e. The summed E-state index contributed by atoms with van der Waals surface area (Å²) in [4.78, 5) is 11.2. The number of aromatic nitrogens is 3. The third-order valence-electron chi connectivity index (χ3n) is 1.94. The van der Waals surface area contributed by atoms with Crippen LogP contribution >= 0.6 is 0 Å². The van der Waals surface area contributed by atoms with Gasteiger partial charge in [0, 0.05) is 12.7 Å². The van der Waals surface area contributed by atoms with Crippen molar-refractivity contribution in [1.29, 1.82) is 0 Å². The van der Waals surface area contributed by atoms with Crippen molar-refractivity contribution in [3.63, 3.8) is 0 Å². The van der Waals surface area contributed by atoms with Gasteiger partial charge in [-0.25, -0.2) is 5.10 Å². The zero-order chi connectivity index (χ0) is 8.55. The van der Waals surface area contributed by atoms with Crippen LogP contribution in [-0.4, -0.2) is 14.8 Å². The molecule has 0 fully saturated rings. The second kappa shape index (κ2) is 2.48. The van der Waals surface area contributed by atoms with Crippen molar-refractivity contribution in [2.45, 2.75) is 13.5 Å². The predicted octanol–water partition coefficient (Wildman–Crippen LogP) is 0.744. The second-order valence-electron chi connectivity index (χ2n) is 2.60. The Morgan fingerprint density at radius 2 is 2.50 bits per heavy atom. The first-order chi connectivity index (χ1) is 5.83. The molecule has 0 aliphatic carbocycles. The van der Waals surface area contributed by atoms with Crippen LogP contribution in [0.1, 0.15) is 6.92 Å². The minimum absolute atomic E-state index is 0.125. The number of H-pyrrole nitrogens is 1. The fraction of sp³-hybridized carbons (Fsp3) is 0.250. The maximum Gasteiger partial charge on any atom is 0.273 e. The van der Waals surface area contributed by atoms with Crippen LogP contribution in [0.2, 0.25) is 0 Å². The number of rotatable bonds is 1. The fourth-order valence-corrected chi connectivity index (χ4v) is 1.31. The summed E-state index contributed by atoms with van der Waals surface area (Å²) in [7, 11) is 0. The van der Waals surface area contributed by atoms with E-state index in [0.717, 1.165) is 12.1 Å². The summed E-state index contributed by atoms with van der Waals surface area (Å²) in [6.07, 6.45) is 3.56. The second-order valence-corrected chi connectivity index (χ2v) is 2.60. The molecule has 0 spiro atoms. The van der Waals surface area contributed by atoms with Gasteiger partial charge in [0.05, 0.1) is 17.1 Å². The van der Waals surface area contributed by atoms with Gasteiger partial charge in [0.1, 0.15) is 0 Å². The zero-order valence-corrected chi connectivity index (χ0v) is 6.74. The molecule has 1 N–H and O–H groups in total. The van der Waals surface area contributed by atoms with Gasteiger partial charge in [0.25, 0.3) is 5.56 Å². The first-order valence-corrected chi connectivity index (χ1v) is 3.85. The molecule has 62 valence electrons. The van der Waals surface area contributed by atoms with E-state index >= 15 is 0 Å². The Bertz CT molecular complexity index is 455. The lowest BCUT2D eigenvalue weighted by atomic mass is 10.4. The maximum atomic E-state index is 11.2. The van der Waals surface area contributed by atoms with Crippen LogP contribution in [0.5, 0.6) is 0 Å². The van der Waals surface area contributed by atoms with Gasteiger partial charge >= 0.3 is 0 Å². The Balaban J connectivity index is 2.89. The summed E-state index contributed by atoms with van der Waals surface area (Å²) in [6.45, 7) is 2.88. The molecular formula is C8H9N3O. The van der Waals surface area contributed by atoms with Crippen molar-refractivity contribution in [3.8, 4) is 0 Å². The number of hydrogen-bond acceptors (Lipinski definition) is 2. The van der Waals surface area contributed by atoms with Gasteiger partial charge in [-0.1, -0.05) is 0 Å². The van der Waals surface area contributed by atoms with Gasteiger partial charge in [-0.15, -0.1) is 0 Å². The zero-order valence-electron chi connectivity index (χ0n) is 6.74. The molecule has 0 radical (unpaired) electrons. The summed E-state index contributed by atoms with van der Waals surface area (Å²) in [5, 5.41) is 6.83. The summed E-state index contributed by atoms with van der Waals surface area (Å²) >= 11 is 0. The minimum atomic E-state index is -0.125. The van der Waals surface area contributed by atoms with Crippen LogP contribution in [0.3, 0.4) is 0 Å². The highest BCUT2D eigenvalue weighted by atomic mass is 16.1. The van der Waals surface area contributed by atoms with Crippen LogP contribution < -0.4 is 5.56 Å². The summed E-state index contributed by atoms with van der Waals surface area (Å²) in [5.41, 5.74) is 0.765. The number of aromatic amines is 1. The maximum absolute atomic E-state index is 11.2. The van der Waals surface area contributed by atoms with E-state index in [1.54, 1.807) is 12.3 Å². The molecule has 4 heteroatoms. The van der Waals surface area contributed by atoms with E-state index in [-0.39, 0.29) is 5.56 Å². The highest BCUT2D eigenvalue weighted by Crippen LogP contribution is 2.08. The number of aryl methyl sites for hydroxylation is 1. The molecule has 0 aliphatic heterocycles. The van der Waals surface area contributed by atoms with Crippen LogP contribution in [0.4, 0.5) is 0 Å². The summed E-state index contributed by atoms with van der Waals surface area (Å²) in [5.74, 6) is 0. The van der Waals surface area contributed by atoms with E-state index in [1.807, 2.05) is 17.7 Å². The number of fused-ring (bicyclic) bond motifs is 1. The van der Waals surface area contributed by atoms with E-state index in [9.17, 15) is 4.79 Å². The normalized spacial score (nSPS) is 10.8. The molecule has 2 aromatic heterocycles. The predicted molar refractivity (Wildman–Crippen MR) is 46.0 cm³/mol. The van der Waals surface area contributed by atoms with Gasteiger partial charge in [-0.2, -0.15) is 5.10 Å². The molecule has 2 aromatic rings. The molecular weight excluding hydrogens is 154 g/mol. The number of hydrogen-bond donors (Lipinski definition) is 1. The molecule has 0 bridgehead atoms. The van der Waals surface area contributed by atoms with Crippen molar-refractivity contribution in [3.05, 3.63) is 28.8 Å². The average molecular weight is 163 g/mol. The topological polar surface area (TPSA) is 50.7 Å². The van der Waals surface area contributed by atoms with E-state index in [4.69, 9.17) is 0 Å². The highest BCUT2D eigenvalue weighted by molar-refractivity contribution is 5.77. The number of nitrogens with zero attached hydrogens (tertiary/aromatic N) is 2. The van der Waals surface area contributed by atoms with Gasteiger partial charge in [0.15, 0.2) is 0 Å². The fourth-order valence-electron chi connectivity index (χ4n) is 1.31. The highest BCUT2D eigenvalue weighted by Gasteiger charge is 2.01. The summed E-state index contributed by atoms with van der Waals surface area (Å²) < 4.78 is 1.98. The number of nitrogens with one attached hydrogen (secondary N) is 1. The Kier molecular flexibility index (Phi) is 1.46. The first kappa shape index (κ1) is 7.09. The quantitative estimate of drug-likeness (QED) is 0.674.